The summed E-state index contributed by atoms with van der Waals surface area (Å²) in [6.07, 6.45) is 4.96. The van der Waals surface area contributed by atoms with E-state index in [9.17, 15) is 9.90 Å². The van der Waals surface area contributed by atoms with Crippen molar-refractivity contribution >= 4 is 23.6 Å². The molecule has 1 saturated carbocycles. The number of carbonyl (C=O) groups is 1. The van der Waals surface area contributed by atoms with E-state index in [0.717, 1.165) is 43.2 Å². The number of thioether (sulfide) groups is 1. The molecule has 33 heavy (non-hydrogen) atoms. The van der Waals surface area contributed by atoms with Gasteiger partial charge in [-0.3, -0.25) is 4.79 Å². The van der Waals surface area contributed by atoms with Gasteiger partial charge < -0.3 is 9.84 Å². The standard InChI is InChI=1S/C28H35NO3S/c1-20(2)28(23-15-13-21(3)14-16-23)29-24(32-19-22-11-7-5-8-12-22)27(33-28,25(30)31)26(4)17-9-6-10-18-26/h5,7-8,11-16,20H,6,9-10,17-19H2,1-4H3,(H,30,31)/t27-,28+/m1/s1. The molecule has 1 aliphatic heterocycles. The van der Waals surface area contributed by atoms with Gasteiger partial charge in [0.2, 0.25) is 5.90 Å². The van der Waals surface area contributed by atoms with Gasteiger partial charge in [-0.15, -0.1) is 0 Å². The van der Waals surface area contributed by atoms with E-state index in [4.69, 9.17) is 9.73 Å². The van der Waals surface area contributed by atoms with E-state index in [2.05, 4.69) is 52.0 Å². The number of hydrogen-bond acceptors (Lipinski definition) is 4. The van der Waals surface area contributed by atoms with Crippen molar-refractivity contribution in [3.63, 3.8) is 0 Å². The van der Waals surface area contributed by atoms with Gasteiger partial charge in [-0.1, -0.05) is 112 Å². The summed E-state index contributed by atoms with van der Waals surface area (Å²) >= 11 is 1.50. The number of nitrogens with zero attached hydrogens (tertiary/aromatic N) is 1. The van der Waals surface area contributed by atoms with Crippen LogP contribution in [0.4, 0.5) is 0 Å². The normalized spacial score (nSPS) is 26.8. The van der Waals surface area contributed by atoms with Crippen LogP contribution in [0.1, 0.15) is 69.6 Å². The third-order valence-electron chi connectivity index (χ3n) is 7.45. The van der Waals surface area contributed by atoms with Gasteiger partial charge in [0.05, 0.1) is 0 Å². The Morgan fingerprint density at radius 2 is 1.70 bits per heavy atom. The molecule has 1 heterocycles. The van der Waals surface area contributed by atoms with Gasteiger partial charge >= 0.3 is 5.97 Å². The quantitative estimate of drug-likeness (QED) is 0.501. The Labute approximate surface area is 201 Å². The molecule has 0 bridgehead atoms. The zero-order chi connectivity index (χ0) is 23.7. The minimum atomic E-state index is -1.22. The van der Waals surface area contributed by atoms with Crippen molar-refractivity contribution in [1.82, 2.24) is 0 Å². The molecule has 5 heteroatoms. The number of carboxylic acid groups (broad SMARTS) is 1. The first-order valence-electron chi connectivity index (χ1n) is 12.0. The summed E-state index contributed by atoms with van der Waals surface area (Å²) in [4.78, 5) is 17.8. The van der Waals surface area contributed by atoms with Crippen LogP contribution in [0.15, 0.2) is 59.6 Å². The van der Waals surface area contributed by atoms with Gasteiger partial charge in [-0.05, 0) is 36.8 Å². The third-order valence-corrected chi connectivity index (χ3v) is 9.71. The van der Waals surface area contributed by atoms with Crippen molar-refractivity contribution in [3.8, 4) is 0 Å². The van der Waals surface area contributed by atoms with Crippen LogP contribution in [-0.4, -0.2) is 21.7 Å². The number of ether oxygens (including phenoxy) is 1. The first-order chi connectivity index (χ1) is 15.7. The fraction of sp³-hybridized carbons (Fsp3) is 0.500. The van der Waals surface area contributed by atoms with Crippen LogP contribution < -0.4 is 0 Å². The van der Waals surface area contributed by atoms with Crippen molar-refractivity contribution < 1.29 is 14.6 Å². The zero-order valence-corrected chi connectivity index (χ0v) is 21.0. The van der Waals surface area contributed by atoms with Gasteiger partial charge in [-0.25, -0.2) is 4.99 Å². The van der Waals surface area contributed by atoms with Crippen molar-refractivity contribution in [2.45, 2.75) is 76.0 Å². The molecule has 0 radical (unpaired) electrons. The van der Waals surface area contributed by atoms with Gasteiger partial charge in [-0.2, -0.15) is 0 Å². The average molecular weight is 466 g/mol. The van der Waals surface area contributed by atoms with Gasteiger partial charge in [0.1, 0.15) is 11.5 Å². The Hall–Kier alpha value is -2.27. The summed E-state index contributed by atoms with van der Waals surface area (Å²) in [5.41, 5.74) is 2.79. The van der Waals surface area contributed by atoms with Crippen LogP contribution in [0.2, 0.25) is 0 Å². The maximum atomic E-state index is 13.3. The molecule has 1 aliphatic carbocycles. The molecular formula is C28H35NO3S. The van der Waals surface area contributed by atoms with Crippen molar-refractivity contribution in [1.29, 1.82) is 0 Å². The molecule has 0 unspecified atom stereocenters. The fourth-order valence-corrected chi connectivity index (χ4v) is 7.16. The highest BCUT2D eigenvalue weighted by Crippen LogP contribution is 2.64. The number of aryl methyl sites for hydroxylation is 1. The average Bonchev–Trinajstić information content (AvgIpc) is 3.18. The molecule has 4 nitrogen and oxygen atoms in total. The first-order valence-corrected chi connectivity index (χ1v) is 12.8. The molecule has 0 amide bonds. The summed E-state index contributed by atoms with van der Waals surface area (Å²) in [7, 11) is 0. The van der Waals surface area contributed by atoms with Crippen LogP contribution in [0.25, 0.3) is 0 Å². The molecule has 0 aromatic heterocycles. The summed E-state index contributed by atoms with van der Waals surface area (Å²) in [5.74, 6) is -0.366. The lowest BCUT2D eigenvalue weighted by Crippen LogP contribution is -2.56. The highest BCUT2D eigenvalue weighted by molar-refractivity contribution is 8.03. The Kier molecular flexibility index (Phi) is 6.63. The SMILES string of the molecule is Cc1ccc([C@@]2(C(C)C)N=C(OCc3ccccc3)[C@@](C(=O)O)(C3(C)CCCCC3)S2)cc1. The van der Waals surface area contributed by atoms with Crippen LogP contribution in [0.3, 0.4) is 0 Å². The molecule has 2 aromatic carbocycles. The van der Waals surface area contributed by atoms with Crippen molar-refractivity contribution in [2.75, 3.05) is 0 Å². The molecule has 1 fully saturated rings. The Morgan fingerprint density at radius 1 is 1.06 bits per heavy atom. The van der Waals surface area contributed by atoms with Crippen LogP contribution in [-0.2, 0) is 21.0 Å². The minimum absolute atomic E-state index is 0.0916. The summed E-state index contributed by atoms with van der Waals surface area (Å²) in [6, 6.07) is 18.3. The number of hydrogen-bond donors (Lipinski definition) is 1. The van der Waals surface area contributed by atoms with Crippen LogP contribution in [0.5, 0.6) is 0 Å². The summed E-state index contributed by atoms with van der Waals surface area (Å²) < 4.78 is 5.16. The maximum Gasteiger partial charge on any atom is 0.330 e. The first kappa shape index (κ1) is 23.9. The zero-order valence-electron chi connectivity index (χ0n) is 20.1. The van der Waals surface area contributed by atoms with E-state index >= 15 is 0 Å². The molecule has 2 aromatic rings. The molecule has 2 atom stereocenters. The number of rotatable bonds is 6. The summed E-state index contributed by atoms with van der Waals surface area (Å²) in [5, 5.41) is 10.9. The van der Waals surface area contributed by atoms with E-state index in [1.807, 2.05) is 30.3 Å². The van der Waals surface area contributed by atoms with Gasteiger partial charge in [0, 0.05) is 5.41 Å². The highest BCUT2D eigenvalue weighted by Gasteiger charge is 2.67. The minimum Gasteiger partial charge on any atom is -0.480 e. The Bertz CT molecular complexity index is 1010. The molecular weight excluding hydrogens is 430 g/mol. The topological polar surface area (TPSA) is 58.9 Å². The third kappa shape index (κ3) is 4.09. The second-order valence-corrected chi connectivity index (χ2v) is 11.6. The van der Waals surface area contributed by atoms with Crippen molar-refractivity contribution in [3.05, 3.63) is 71.3 Å². The smallest absolute Gasteiger partial charge is 0.330 e. The number of aliphatic carboxylic acids is 1. The molecule has 0 saturated heterocycles. The lowest BCUT2D eigenvalue weighted by Gasteiger charge is -2.46. The van der Waals surface area contributed by atoms with Crippen LogP contribution in [0, 0.1) is 18.3 Å². The fourth-order valence-electron chi connectivity index (χ4n) is 5.34. The van der Waals surface area contributed by atoms with Crippen molar-refractivity contribution in [2.24, 2.45) is 16.3 Å². The van der Waals surface area contributed by atoms with Gasteiger partial charge in [0.25, 0.3) is 0 Å². The van der Waals surface area contributed by atoms with E-state index in [-0.39, 0.29) is 5.92 Å². The molecule has 1 N–H and O–H groups in total. The largest absolute Gasteiger partial charge is 0.480 e. The number of carboxylic acids is 1. The Balaban J connectivity index is 1.85. The van der Waals surface area contributed by atoms with E-state index in [0.29, 0.717) is 12.5 Å². The molecule has 176 valence electrons. The van der Waals surface area contributed by atoms with Gasteiger partial charge in [0.15, 0.2) is 4.75 Å². The predicted molar refractivity (Wildman–Crippen MR) is 136 cm³/mol. The molecule has 0 spiro atoms. The maximum absolute atomic E-state index is 13.3. The van der Waals surface area contributed by atoms with E-state index in [1.54, 1.807) is 0 Å². The second kappa shape index (κ2) is 9.17. The van der Waals surface area contributed by atoms with Crippen LogP contribution >= 0.6 is 11.8 Å². The second-order valence-electron chi connectivity index (χ2n) is 10.1. The monoisotopic (exact) mass is 465 g/mol. The lowest BCUT2D eigenvalue weighted by atomic mass is 9.66. The predicted octanol–water partition coefficient (Wildman–Crippen LogP) is 6.96. The highest BCUT2D eigenvalue weighted by atomic mass is 32.2. The number of aliphatic imine (C=N–C) groups is 1. The van der Waals surface area contributed by atoms with E-state index in [1.165, 1.54) is 17.3 Å². The van der Waals surface area contributed by atoms with E-state index < -0.39 is 21.0 Å². The molecule has 4 rings (SSSR count). The lowest BCUT2D eigenvalue weighted by molar-refractivity contribution is -0.142. The summed E-state index contributed by atoms with van der Waals surface area (Å²) in [6.45, 7) is 8.78. The molecule has 2 aliphatic rings. The number of benzene rings is 2. The Morgan fingerprint density at radius 3 is 2.27 bits per heavy atom.